The van der Waals surface area contributed by atoms with E-state index < -0.39 is 0 Å². The summed E-state index contributed by atoms with van der Waals surface area (Å²) in [6.07, 6.45) is 2.17. The molecule has 0 saturated carbocycles. The number of rotatable bonds is 6. The van der Waals surface area contributed by atoms with Crippen molar-refractivity contribution in [3.8, 4) is 22.9 Å². The van der Waals surface area contributed by atoms with E-state index >= 15 is 0 Å². The maximum atomic E-state index is 5.58. The van der Waals surface area contributed by atoms with Crippen molar-refractivity contribution in [2.75, 3.05) is 20.8 Å². The van der Waals surface area contributed by atoms with Crippen molar-refractivity contribution in [1.29, 1.82) is 0 Å². The fraction of sp³-hybridized carbons (Fsp3) is 0.333. The number of aromatic nitrogens is 2. The summed E-state index contributed by atoms with van der Waals surface area (Å²) in [6, 6.07) is 16.1. The lowest BCUT2D eigenvalue weighted by atomic mass is 10.0. The standard InChI is InChI=1S/C21H23N3O3/c1-25-16-10-11-19(26-2)17(13-16)18-9-6-12-24(18)14-20-22-21(23-27-20)15-7-4-3-5-8-15/h3-5,7-8,10-11,13,18H,6,9,12,14H2,1-2H3. The van der Waals surface area contributed by atoms with E-state index in [1.165, 1.54) is 0 Å². The summed E-state index contributed by atoms with van der Waals surface area (Å²) in [5.41, 5.74) is 2.09. The third-order valence-electron chi connectivity index (χ3n) is 5.00. The Morgan fingerprint density at radius 3 is 2.74 bits per heavy atom. The summed E-state index contributed by atoms with van der Waals surface area (Å²) in [5, 5.41) is 4.13. The highest BCUT2D eigenvalue weighted by Gasteiger charge is 2.30. The van der Waals surface area contributed by atoms with Gasteiger partial charge in [-0.1, -0.05) is 35.5 Å². The zero-order chi connectivity index (χ0) is 18.6. The monoisotopic (exact) mass is 365 g/mol. The van der Waals surface area contributed by atoms with Crippen LogP contribution in [0.15, 0.2) is 53.1 Å². The minimum atomic E-state index is 0.238. The van der Waals surface area contributed by atoms with Gasteiger partial charge >= 0.3 is 0 Å². The largest absolute Gasteiger partial charge is 0.497 e. The normalized spacial score (nSPS) is 17.2. The molecule has 27 heavy (non-hydrogen) atoms. The fourth-order valence-corrected chi connectivity index (χ4v) is 3.66. The maximum absolute atomic E-state index is 5.58. The molecule has 0 aliphatic carbocycles. The number of benzene rings is 2. The first-order valence-electron chi connectivity index (χ1n) is 9.12. The van der Waals surface area contributed by atoms with Gasteiger partial charge in [0.05, 0.1) is 20.8 Å². The Balaban J connectivity index is 1.55. The number of likely N-dealkylation sites (tertiary alicyclic amines) is 1. The van der Waals surface area contributed by atoms with Crippen LogP contribution in [-0.2, 0) is 6.54 Å². The van der Waals surface area contributed by atoms with Crippen molar-refractivity contribution in [1.82, 2.24) is 15.0 Å². The van der Waals surface area contributed by atoms with E-state index in [0.29, 0.717) is 18.3 Å². The topological polar surface area (TPSA) is 60.6 Å². The van der Waals surface area contributed by atoms with Crippen LogP contribution in [0.5, 0.6) is 11.5 Å². The lowest BCUT2D eigenvalue weighted by Crippen LogP contribution is -2.23. The fourth-order valence-electron chi connectivity index (χ4n) is 3.66. The highest BCUT2D eigenvalue weighted by atomic mass is 16.5. The summed E-state index contributed by atoms with van der Waals surface area (Å²) in [7, 11) is 3.39. The van der Waals surface area contributed by atoms with Gasteiger partial charge in [-0.25, -0.2) is 0 Å². The summed E-state index contributed by atoms with van der Waals surface area (Å²) in [5.74, 6) is 2.97. The Morgan fingerprint density at radius 2 is 1.96 bits per heavy atom. The van der Waals surface area contributed by atoms with E-state index in [2.05, 4.69) is 21.1 Å². The van der Waals surface area contributed by atoms with Gasteiger partial charge in [0.15, 0.2) is 0 Å². The molecule has 4 rings (SSSR count). The van der Waals surface area contributed by atoms with Gasteiger partial charge in [-0.05, 0) is 37.6 Å². The smallest absolute Gasteiger partial charge is 0.241 e. The molecule has 2 heterocycles. The van der Waals surface area contributed by atoms with Gasteiger partial charge in [0, 0.05) is 17.2 Å². The predicted octanol–water partition coefficient (Wildman–Crippen LogP) is 4.09. The van der Waals surface area contributed by atoms with Crippen LogP contribution in [0.3, 0.4) is 0 Å². The number of hydrogen-bond donors (Lipinski definition) is 0. The molecule has 6 heteroatoms. The molecular formula is C21H23N3O3. The van der Waals surface area contributed by atoms with Crippen molar-refractivity contribution in [3.05, 3.63) is 60.0 Å². The predicted molar refractivity (Wildman–Crippen MR) is 102 cm³/mol. The quantitative estimate of drug-likeness (QED) is 0.656. The molecule has 1 atom stereocenters. The van der Waals surface area contributed by atoms with E-state index in [0.717, 1.165) is 42.0 Å². The first kappa shape index (κ1) is 17.5. The Bertz CT molecular complexity index is 895. The van der Waals surface area contributed by atoms with E-state index in [1.54, 1.807) is 14.2 Å². The highest BCUT2D eigenvalue weighted by molar-refractivity contribution is 5.53. The molecule has 0 N–H and O–H groups in total. The first-order valence-corrected chi connectivity index (χ1v) is 9.12. The maximum Gasteiger partial charge on any atom is 0.241 e. The molecule has 0 bridgehead atoms. The van der Waals surface area contributed by atoms with E-state index in [9.17, 15) is 0 Å². The zero-order valence-corrected chi connectivity index (χ0v) is 15.6. The molecule has 1 aliphatic heterocycles. The summed E-state index contributed by atoms with van der Waals surface area (Å²) >= 11 is 0. The van der Waals surface area contributed by atoms with E-state index in [1.807, 2.05) is 42.5 Å². The third-order valence-corrected chi connectivity index (χ3v) is 5.00. The van der Waals surface area contributed by atoms with Crippen LogP contribution in [0.25, 0.3) is 11.4 Å². The minimum absolute atomic E-state index is 0.238. The number of hydrogen-bond acceptors (Lipinski definition) is 6. The second-order valence-corrected chi connectivity index (χ2v) is 6.61. The second kappa shape index (κ2) is 7.80. The molecular weight excluding hydrogens is 342 g/mol. The van der Waals surface area contributed by atoms with E-state index in [-0.39, 0.29) is 6.04 Å². The molecule has 3 aromatic rings. The lowest BCUT2D eigenvalue weighted by molar-refractivity contribution is 0.209. The van der Waals surface area contributed by atoms with Crippen LogP contribution in [0.1, 0.15) is 30.3 Å². The van der Waals surface area contributed by atoms with Crippen molar-refractivity contribution < 1.29 is 14.0 Å². The van der Waals surface area contributed by atoms with Gasteiger partial charge in [-0.3, -0.25) is 4.90 Å². The van der Waals surface area contributed by atoms with Crippen molar-refractivity contribution >= 4 is 0 Å². The second-order valence-electron chi connectivity index (χ2n) is 6.61. The van der Waals surface area contributed by atoms with E-state index in [4.69, 9.17) is 14.0 Å². The molecule has 1 unspecified atom stereocenters. The molecule has 0 spiro atoms. The Kier molecular flexibility index (Phi) is 5.07. The molecule has 1 fully saturated rings. The summed E-state index contributed by atoms with van der Waals surface area (Å²) in [4.78, 5) is 6.93. The number of methoxy groups -OCH3 is 2. The molecule has 2 aromatic carbocycles. The van der Waals surface area contributed by atoms with Crippen LogP contribution in [-0.4, -0.2) is 35.8 Å². The van der Waals surface area contributed by atoms with Crippen LogP contribution in [0.4, 0.5) is 0 Å². The molecule has 1 aliphatic rings. The Morgan fingerprint density at radius 1 is 1.11 bits per heavy atom. The average molecular weight is 365 g/mol. The lowest BCUT2D eigenvalue weighted by Gasteiger charge is -2.25. The zero-order valence-electron chi connectivity index (χ0n) is 15.6. The first-order chi connectivity index (χ1) is 13.3. The van der Waals surface area contributed by atoms with Gasteiger partial charge in [0.25, 0.3) is 0 Å². The third kappa shape index (κ3) is 3.66. The molecule has 1 saturated heterocycles. The highest BCUT2D eigenvalue weighted by Crippen LogP contribution is 2.39. The van der Waals surface area contributed by atoms with Crippen molar-refractivity contribution in [2.45, 2.75) is 25.4 Å². The van der Waals surface area contributed by atoms with Crippen molar-refractivity contribution in [2.24, 2.45) is 0 Å². The molecule has 0 amide bonds. The average Bonchev–Trinajstić information content (AvgIpc) is 3.38. The van der Waals surface area contributed by atoms with Gasteiger partial charge in [-0.2, -0.15) is 4.98 Å². The molecule has 0 radical (unpaired) electrons. The summed E-state index contributed by atoms with van der Waals surface area (Å²) in [6.45, 7) is 1.60. The van der Waals surface area contributed by atoms with Crippen LogP contribution >= 0.6 is 0 Å². The summed E-state index contributed by atoms with van der Waals surface area (Å²) < 4.78 is 16.5. The Labute approximate surface area is 158 Å². The number of ether oxygens (including phenoxy) is 2. The van der Waals surface area contributed by atoms with Gasteiger partial charge < -0.3 is 14.0 Å². The molecule has 1 aromatic heterocycles. The van der Waals surface area contributed by atoms with Crippen LogP contribution < -0.4 is 9.47 Å². The minimum Gasteiger partial charge on any atom is -0.497 e. The van der Waals surface area contributed by atoms with Gasteiger partial charge in [0.2, 0.25) is 11.7 Å². The molecule has 140 valence electrons. The van der Waals surface area contributed by atoms with Crippen molar-refractivity contribution in [3.63, 3.8) is 0 Å². The van der Waals surface area contributed by atoms with Gasteiger partial charge in [0.1, 0.15) is 11.5 Å². The van der Waals surface area contributed by atoms with Gasteiger partial charge in [-0.15, -0.1) is 0 Å². The van der Waals surface area contributed by atoms with Crippen LogP contribution in [0.2, 0.25) is 0 Å². The molecule has 6 nitrogen and oxygen atoms in total. The van der Waals surface area contributed by atoms with Crippen LogP contribution in [0, 0.1) is 0 Å². The Hall–Kier alpha value is -2.86. The number of nitrogens with zero attached hydrogens (tertiary/aromatic N) is 3. The SMILES string of the molecule is COc1ccc(OC)c(C2CCCN2Cc2nc(-c3ccccc3)no2)c1.